The lowest BCUT2D eigenvalue weighted by atomic mass is 10.2. The fraction of sp³-hybridized carbons (Fsp3) is 0.300. The zero-order valence-electron chi connectivity index (χ0n) is 14.8. The SMILES string of the molecule is CCCCOC(=O)c1ccc(OC(=O)c2ccc(OCC)c(Br)c2)cc1. The second-order valence-electron chi connectivity index (χ2n) is 5.48. The molecule has 0 atom stereocenters. The number of hydrogen-bond donors (Lipinski definition) is 0. The summed E-state index contributed by atoms with van der Waals surface area (Å²) < 4.78 is 16.6. The lowest BCUT2D eigenvalue weighted by Crippen LogP contribution is -2.09. The van der Waals surface area contributed by atoms with Gasteiger partial charge in [0.1, 0.15) is 11.5 Å². The maximum atomic E-state index is 12.3. The van der Waals surface area contributed by atoms with Gasteiger partial charge in [-0.3, -0.25) is 0 Å². The Morgan fingerprint density at radius 2 is 1.65 bits per heavy atom. The van der Waals surface area contributed by atoms with Gasteiger partial charge in [-0.05, 0) is 71.7 Å². The lowest BCUT2D eigenvalue weighted by molar-refractivity contribution is 0.0499. The zero-order chi connectivity index (χ0) is 18.9. The van der Waals surface area contributed by atoms with Crippen molar-refractivity contribution in [1.29, 1.82) is 0 Å². The molecule has 6 heteroatoms. The van der Waals surface area contributed by atoms with Crippen molar-refractivity contribution in [2.75, 3.05) is 13.2 Å². The highest BCUT2D eigenvalue weighted by Gasteiger charge is 2.13. The Morgan fingerprint density at radius 3 is 2.27 bits per heavy atom. The largest absolute Gasteiger partial charge is 0.493 e. The minimum Gasteiger partial charge on any atom is -0.493 e. The van der Waals surface area contributed by atoms with Gasteiger partial charge in [0, 0.05) is 0 Å². The van der Waals surface area contributed by atoms with Crippen LogP contribution < -0.4 is 9.47 Å². The van der Waals surface area contributed by atoms with Gasteiger partial charge < -0.3 is 14.2 Å². The molecule has 0 aliphatic rings. The van der Waals surface area contributed by atoms with Gasteiger partial charge in [-0.2, -0.15) is 0 Å². The number of rotatable bonds is 8. The predicted octanol–water partition coefficient (Wildman–Crippen LogP) is 5.02. The Kier molecular flexibility index (Phi) is 7.66. The van der Waals surface area contributed by atoms with Crippen molar-refractivity contribution in [3.63, 3.8) is 0 Å². The summed E-state index contributed by atoms with van der Waals surface area (Å²) in [5.41, 5.74) is 0.813. The first-order valence-electron chi connectivity index (χ1n) is 8.46. The molecule has 2 aromatic carbocycles. The minimum absolute atomic E-state index is 0.352. The topological polar surface area (TPSA) is 61.8 Å². The maximum Gasteiger partial charge on any atom is 0.343 e. The number of hydrogen-bond acceptors (Lipinski definition) is 5. The number of esters is 2. The van der Waals surface area contributed by atoms with E-state index in [1.165, 1.54) is 0 Å². The molecule has 0 aliphatic carbocycles. The number of unbranched alkanes of at least 4 members (excludes halogenated alkanes) is 1. The molecule has 0 spiro atoms. The van der Waals surface area contributed by atoms with Crippen molar-refractivity contribution in [2.45, 2.75) is 26.7 Å². The predicted molar refractivity (Wildman–Crippen MR) is 102 cm³/mol. The Balaban J connectivity index is 1.99. The van der Waals surface area contributed by atoms with Gasteiger partial charge >= 0.3 is 11.9 Å². The Morgan fingerprint density at radius 1 is 0.962 bits per heavy atom. The third-order valence-corrected chi connectivity index (χ3v) is 4.12. The molecule has 0 bridgehead atoms. The van der Waals surface area contributed by atoms with E-state index < -0.39 is 5.97 Å². The molecule has 0 amide bonds. The fourth-order valence-electron chi connectivity index (χ4n) is 2.12. The molecule has 0 saturated heterocycles. The van der Waals surface area contributed by atoms with Crippen molar-refractivity contribution >= 4 is 27.9 Å². The second kappa shape index (κ2) is 9.97. The molecule has 0 unspecified atom stereocenters. The van der Waals surface area contributed by atoms with Crippen LogP contribution in [0.2, 0.25) is 0 Å². The Bertz CT molecular complexity index is 755. The van der Waals surface area contributed by atoms with Crippen molar-refractivity contribution in [3.8, 4) is 11.5 Å². The molecular weight excluding hydrogens is 400 g/mol. The van der Waals surface area contributed by atoms with Gasteiger partial charge in [0.2, 0.25) is 0 Å². The van der Waals surface area contributed by atoms with Gasteiger partial charge in [0.25, 0.3) is 0 Å². The number of carbonyl (C=O) groups is 2. The van der Waals surface area contributed by atoms with E-state index in [1.54, 1.807) is 42.5 Å². The van der Waals surface area contributed by atoms with E-state index in [4.69, 9.17) is 14.2 Å². The van der Waals surface area contributed by atoms with E-state index in [9.17, 15) is 9.59 Å². The van der Waals surface area contributed by atoms with E-state index in [2.05, 4.69) is 15.9 Å². The van der Waals surface area contributed by atoms with E-state index in [1.807, 2.05) is 13.8 Å². The summed E-state index contributed by atoms with van der Waals surface area (Å²) in [6, 6.07) is 11.3. The molecule has 2 rings (SSSR count). The van der Waals surface area contributed by atoms with Gasteiger partial charge in [0.15, 0.2) is 0 Å². The summed E-state index contributed by atoms with van der Waals surface area (Å²) in [5, 5.41) is 0. The zero-order valence-corrected chi connectivity index (χ0v) is 16.4. The summed E-state index contributed by atoms with van der Waals surface area (Å²) in [6.45, 7) is 4.85. The number of halogens is 1. The van der Waals surface area contributed by atoms with Crippen LogP contribution in [0.3, 0.4) is 0 Å². The van der Waals surface area contributed by atoms with Crippen LogP contribution in [-0.4, -0.2) is 25.2 Å². The molecule has 2 aromatic rings. The summed E-state index contributed by atoms with van der Waals surface area (Å²) in [7, 11) is 0. The monoisotopic (exact) mass is 420 g/mol. The standard InChI is InChI=1S/C20H21BrO5/c1-3-5-12-25-19(22)14-6-9-16(10-7-14)26-20(23)15-8-11-18(24-4-2)17(21)13-15/h6-11,13H,3-5,12H2,1-2H3. The molecule has 0 radical (unpaired) electrons. The first-order valence-corrected chi connectivity index (χ1v) is 9.26. The summed E-state index contributed by atoms with van der Waals surface area (Å²) >= 11 is 3.37. The fourth-order valence-corrected chi connectivity index (χ4v) is 2.61. The van der Waals surface area contributed by atoms with Crippen molar-refractivity contribution in [1.82, 2.24) is 0 Å². The smallest absolute Gasteiger partial charge is 0.343 e. The normalized spacial score (nSPS) is 10.3. The molecule has 0 N–H and O–H groups in total. The third-order valence-electron chi connectivity index (χ3n) is 3.50. The summed E-state index contributed by atoms with van der Waals surface area (Å²) in [5.74, 6) is 0.138. The molecular formula is C20H21BrO5. The Labute approximate surface area is 161 Å². The first kappa shape index (κ1) is 20.0. The van der Waals surface area contributed by atoms with Crippen LogP contribution in [0.4, 0.5) is 0 Å². The first-order chi connectivity index (χ1) is 12.5. The lowest BCUT2D eigenvalue weighted by Gasteiger charge is -2.09. The van der Waals surface area contributed by atoms with Gasteiger partial charge in [-0.1, -0.05) is 13.3 Å². The van der Waals surface area contributed by atoms with E-state index in [0.717, 1.165) is 12.8 Å². The molecule has 26 heavy (non-hydrogen) atoms. The highest BCUT2D eigenvalue weighted by Crippen LogP contribution is 2.26. The van der Waals surface area contributed by atoms with E-state index in [0.29, 0.717) is 40.3 Å². The van der Waals surface area contributed by atoms with Crippen LogP contribution in [0.25, 0.3) is 0 Å². The molecule has 0 heterocycles. The van der Waals surface area contributed by atoms with Gasteiger partial charge in [-0.15, -0.1) is 0 Å². The highest BCUT2D eigenvalue weighted by atomic mass is 79.9. The number of benzene rings is 2. The highest BCUT2D eigenvalue weighted by molar-refractivity contribution is 9.10. The summed E-state index contributed by atoms with van der Waals surface area (Å²) in [4.78, 5) is 24.1. The van der Waals surface area contributed by atoms with Gasteiger partial charge in [0.05, 0.1) is 28.8 Å². The average Bonchev–Trinajstić information content (AvgIpc) is 2.64. The van der Waals surface area contributed by atoms with Crippen molar-refractivity contribution in [3.05, 3.63) is 58.1 Å². The van der Waals surface area contributed by atoms with Crippen LogP contribution in [-0.2, 0) is 4.74 Å². The van der Waals surface area contributed by atoms with Crippen LogP contribution in [0, 0.1) is 0 Å². The van der Waals surface area contributed by atoms with E-state index >= 15 is 0 Å². The number of carbonyl (C=O) groups excluding carboxylic acids is 2. The second-order valence-corrected chi connectivity index (χ2v) is 6.34. The van der Waals surface area contributed by atoms with E-state index in [-0.39, 0.29) is 5.97 Å². The Hall–Kier alpha value is -2.34. The summed E-state index contributed by atoms with van der Waals surface area (Å²) in [6.07, 6.45) is 1.79. The van der Waals surface area contributed by atoms with Crippen LogP contribution >= 0.6 is 15.9 Å². The van der Waals surface area contributed by atoms with Crippen LogP contribution in [0.5, 0.6) is 11.5 Å². The molecule has 0 aromatic heterocycles. The quantitative estimate of drug-likeness (QED) is 0.340. The minimum atomic E-state index is -0.493. The molecule has 0 saturated carbocycles. The van der Waals surface area contributed by atoms with Crippen molar-refractivity contribution < 1.29 is 23.8 Å². The van der Waals surface area contributed by atoms with Gasteiger partial charge in [-0.25, -0.2) is 9.59 Å². The molecule has 0 aliphatic heterocycles. The number of ether oxygens (including phenoxy) is 3. The molecule has 138 valence electrons. The molecule has 5 nitrogen and oxygen atoms in total. The van der Waals surface area contributed by atoms with Crippen LogP contribution in [0.15, 0.2) is 46.9 Å². The van der Waals surface area contributed by atoms with Crippen molar-refractivity contribution in [2.24, 2.45) is 0 Å². The average molecular weight is 421 g/mol. The van der Waals surface area contributed by atoms with Crippen LogP contribution in [0.1, 0.15) is 47.4 Å². The maximum absolute atomic E-state index is 12.3. The third kappa shape index (κ3) is 5.59. The molecule has 0 fully saturated rings.